The van der Waals surface area contributed by atoms with Crippen molar-refractivity contribution in [3.8, 4) is 0 Å². The first-order valence-corrected chi connectivity index (χ1v) is 8.46. The minimum Gasteiger partial charge on any atom is -0.423 e. The number of carbonyl (C=O) groups is 1. The molecular weight excluding hydrogens is 324 g/mol. The molecule has 4 nitrogen and oxygen atoms in total. The Morgan fingerprint density at radius 3 is 2.46 bits per heavy atom. The van der Waals surface area contributed by atoms with Crippen molar-refractivity contribution in [1.82, 2.24) is 0 Å². The van der Waals surface area contributed by atoms with Gasteiger partial charge in [0, 0.05) is 21.7 Å². The largest absolute Gasteiger partial charge is 0.489 e. The lowest BCUT2D eigenvalue weighted by Gasteiger charge is -2.25. The highest BCUT2D eigenvalue weighted by Crippen LogP contribution is 2.30. The van der Waals surface area contributed by atoms with Crippen LogP contribution in [0.15, 0.2) is 42.5 Å². The molecule has 1 amide bonds. The van der Waals surface area contributed by atoms with Crippen LogP contribution in [0.2, 0.25) is 5.02 Å². The molecule has 2 aromatic rings. The lowest BCUT2D eigenvalue weighted by Crippen LogP contribution is -2.32. The van der Waals surface area contributed by atoms with Crippen LogP contribution in [0, 0.1) is 5.92 Å². The van der Waals surface area contributed by atoms with Crippen LogP contribution in [0.3, 0.4) is 0 Å². The fraction of sp³-hybridized carbons (Fsp3) is 0.278. The van der Waals surface area contributed by atoms with Crippen molar-refractivity contribution >= 4 is 35.8 Å². The van der Waals surface area contributed by atoms with E-state index in [1.54, 1.807) is 6.07 Å². The predicted molar refractivity (Wildman–Crippen MR) is 96.7 cm³/mol. The number of halogens is 1. The Bertz CT molecular complexity index is 730. The molecule has 2 aromatic carbocycles. The fourth-order valence-corrected chi connectivity index (χ4v) is 3.06. The summed E-state index contributed by atoms with van der Waals surface area (Å²) in [4.78, 5) is 12.3. The maximum absolute atomic E-state index is 12.3. The van der Waals surface area contributed by atoms with Crippen LogP contribution in [0.1, 0.15) is 35.2 Å². The fourth-order valence-electron chi connectivity index (χ4n) is 2.84. The zero-order valence-electron chi connectivity index (χ0n) is 13.2. The molecule has 0 spiro atoms. The molecule has 6 heteroatoms. The molecule has 0 saturated heterocycles. The summed E-state index contributed by atoms with van der Waals surface area (Å²) < 4.78 is 0. The number of nitrogens with one attached hydrogen (secondary N) is 1. The third kappa shape index (κ3) is 3.98. The van der Waals surface area contributed by atoms with Crippen molar-refractivity contribution in [3.63, 3.8) is 0 Å². The van der Waals surface area contributed by atoms with Crippen molar-refractivity contribution in [2.75, 3.05) is 5.32 Å². The molecule has 1 saturated carbocycles. The van der Waals surface area contributed by atoms with Gasteiger partial charge in [0.25, 0.3) is 5.91 Å². The Labute approximate surface area is 146 Å². The molecule has 0 unspecified atom stereocenters. The molecule has 3 rings (SSSR count). The molecule has 124 valence electrons. The summed E-state index contributed by atoms with van der Waals surface area (Å²) in [7, 11) is -1.71. The van der Waals surface area contributed by atoms with E-state index in [0.717, 1.165) is 12.3 Å². The molecule has 0 aliphatic heterocycles. The molecular formula is C18H19BClNO3. The Hall–Kier alpha value is -1.82. The summed E-state index contributed by atoms with van der Waals surface area (Å²) in [5.41, 5.74) is 2.43. The van der Waals surface area contributed by atoms with Gasteiger partial charge in [-0.2, -0.15) is 0 Å². The second-order valence-corrected chi connectivity index (χ2v) is 6.67. The summed E-state index contributed by atoms with van der Waals surface area (Å²) in [6.45, 7) is 0. The number of carbonyl (C=O) groups excluding carboxylic acids is 1. The van der Waals surface area contributed by atoms with E-state index < -0.39 is 7.12 Å². The van der Waals surface area contributed by atoms with Crippen LogP contribution < -0.4 is 10.8 Å². The summed E-state index contributed by atoms with van der Waals surface area (Å²) in [6, 6.07) is 12.3. The van der Waals surface area contributed by atoms with E-state index in [1.165, 1.54) is 37.0 Å². The minimum atomic E-state index is -1.71. The smallest absolute Gasteiger partial charge is 0.423 e. The molecule has 3 N–H and O–H groups in total. The molecule has 0 bridgehead atoms. The number of anilines is 1. The molecule has 0 heterocycles. The van der Waals surface area contributed by atoms with E-state index in [-0.39, 0.29) is 16.4 Å². The molecule has 0 radical (unpaired) electrons. The van der Waals surface area contributed by atoms with Crippen molar-refractivity contribution < 1.29 is 14.8 Å². The monoisotopic (exact) mass is 343 g/mol. The van der Waals surface area contributed by atoms with Crippen molar-refractivity contribution in [2.45, 2.75) is 25.7 Å². The lowest BCUT2D eigenvalue weighted by atomic mass is 9.79. The van der Waals surface area contributed by atoms with Crippen LogP contribution in [0.4, 0.5) is 5.69 Å². The maximum atomic E-state index is 12.3. The number of rotatable bonds is 5. The molecule has 24 heavy (non-hydrogen) atoms. The highest BCUT2D eigenvalue weighted by Gasteiger charge is 2.19. The molecule has 1 fully saturated rings. The van der Waals surface area contributed by atoms with Crippen LogP contribution >= 0.6 is 11.6 Å². The molecule has 1 aliphatic carbocycles. The Kier molecular flexibility index (Phi) is 5.24. The van der Waals surface area contributed by atoms with Crippen LogP contribution in [0.25, 0.3) is 0 Å². The Morgan fingerprint density at radius 2 is 1.88 bits per heavy atom. The standard InChI is InChI=1S/C18H19BClNO3/c20-17-9-6-14(11-16(17)19(23)24)18(22)21-15-7-4-13(5-8-15)10-12-2-1-3-12/h4-9,11-12,23-24H,1-3,10H2,(H,21,22). The van der Waals surface area contributed by atoms with E-state index >= 15 is 0 Å². The summed E-state index contributed by atoms with van der Waals surface area (Å²) in [6.07, 6.45) is 5.07. The average molecular weight is 344 g/mol. The van der Waals surface area contributed by atoms with Gasteiger partial charge in [-0.1, -0.05) is 43.0 Å². The van der Waals surface area contributed by atoms with Gasteiger partial charge in [-0.3, -0.25) is 4.79 Å². The maximum Gasteiger partial charge on any atom is 0.489 e. The summed E-state index contributed by atoms with van der Waals surface area (Å²) in [5.74, 6) is 0.489. The Morgan fingerprint density at radius 1 is 1.17 bits per heavy atom. The highest BCUT2D eigenvalue weighted by atomic mass is 35.5. The zero-order chi connectivity index (χ0) is 17.1. The lowest BCUT2D eigenvalue weighted by molar-refractivity contribution is 0.102. The van der Waals surface area contributed by atoms with Gasteiger partial charge in [-0.15, -0.1) is 0 Å². The number of benzene rings is 2. The predicted octanol–water partition coefficient (Wildman–Crippen LogP) is 2.61. The van der Waals surface area contributed by atoms with E-state index in [9.17, 15) is 14.8 Å². The second-order valence-electron chi connectivity index (χ2n) is 6.26. The van der Waals surface area contributed by atoms with Crippen molar-refractivity contribution in [3.05, 3.63) is 58.6 Å². The molecule has 0 atom stereocenters. The van der Waals surface area contributed by atoms with E-state index in [0.29, 0.717) is 11.3 Å². The van der Waals surface area contributed by atoms with Gasteiger partial charge in [-0.25, -0.2) is 0 Å². The topological polar surface area (TPSA) is 69.6 Å². The summed E-state index contributed by atoms with van der Waals surface area (Å²) >= 11 is 5.88. The minimum absolute atomic E-state index is 0.111. The highest BCUT2D eigenvalue weighted by molar-refractivity contribution is 6.62. The average Bonchev–Trinajstić information content (AvgIpc) is 2.52. The Balaban J connectivity index is 1.66. The van der Waals surface area contributed by atoms with Gasteiger partial charge >= 0.3 is 7.12 Å². The van der Waals surface area contributed by atoms with Crippen molar-refractivity contribution in [1.29, 1.82) is 0 Å². The van der Waals surface area contributed by atoms with Gasteiger partial charge in [0.15, 0.2) is 0 Å². The first-order valence-electron chi connectivity index (χ1n) is 8.09. The van der Waals surface area contributed by atoms with Crippen LogP contribution in [0.5, 0.6) is 0 Å². The summed E-state index contributed by atoms with van der Waals surface area (Å²) in [5, 5.41) is 21.6. The quantitative estimate of drug-likeness (QED) is 0.731. The third-order valence-electron chi connectivity index (χ3n) is 4.50. The van der Waals surface area contributed by atoms with Gasteiger partial charge in [0.1, 0.15) is 0 Å². The number of amides is 1. The van der Waals surface area contributed by atoms with Gasteiger partial charge in [0.2, 0.25) is 0 Å². The first kappa shape index (κ1) is 17.0. The normalized spacial score (nSPS) is 14.1. The van der Waals surface area contributed by atoms with E-state index in [4.69, 9.17) is 11.6 Å². The van der Waals surface area contributed by atoms with Crippen LogP contribution in [-0.4, -0.2) is 23.1 Å². The number of hydrogen-bond donors (Lipinski definition) is 3. The molecule has 1 aliphatic rings. The van der Waals surface area contributed by atoms with Gasteiger partial charge in [-0.05, 0) is 48.2 Å². The zero-order valence-corrected chi connectivity index (χ0v) is 14.0. The number of hydrogen-bond acceptors (Lipinski definition) is 3. The van der Waals surface area contributed by atoms with E-state index in [1.807, 2.05) is 24.3 Å². The van der Waals surface area contributed by atoms with Gasteiger partial charge in [0.05, 0.1) is 0 Å². The first-order chi connectivity index (χ1) is 11.5. The third-order valence-corrected chi connectivity index (χ3v) is 4.84. The second kappa shape index (κ2) is 7.39. The van der Waals surface area contributed by atoms with E-state index in [2.05, 4.69) is 5.32 Å². The van der Waals surface area contributed by atoms with Crippen LogP contribution in [-0.2, 0) is 6.42 Å². The van der Waals surface area contributed by atoms with Crippen molar-refractivity contribution in [2.24, 2.45) is 5.92 Å². The molecule has 0 aromatic heterocycles. The SMILES string of the molecule is O=C(Nc1ccc(CC2CCC2)cc1)c1ccc(Cl)c(B(O)O)c1. The van der Waals surface area contributed by atoms with Gasteiger partial charge < -0.3 is 15.4 Å².